The van der Waals surface area contributed by atoms with Crippen molar-refractivity contribution in [1.82, 2.24) is 28.4 Å². The van der Waals surface area contributed by atoms with Crippen LogP contribution in [0, 0.1) is 0 Å². The fourth-order valence-electron chi connectivity index (χ4n) is 4.61. The minimum absolute atomic E-state index is 0.120. The number of para-hydroxylation sites is 1. The molecule has 9 nitrogen and oxygen atoms in total. The number of hydrogen-bond donors (Lipinski definition) is 2. The van der Waals surface area contributed by atoms with Crippen molar-refractivity contribution in [3.63, 3.8) is 0 Å². The Morgan fingerprint density at radius 1 is 0.886 bits per heavy atom. The number of rotatable bonds is 4. The van der Waals surface area contributed by atoms with Crippen molar-refractivity contribution in [1.29, 1.82) is 0 Å². The Kier molecular flexibility index (Phi) is 4.54. The number of H-pyrrole nitrogens is 1. The molecule has 35 heavy (non-hydrogen) atoms. The van der Waals surface area contributed by atoms with E-state index in [0.717, 1.165) is 33.3 Å². The quantitative estimate of drug-likeness (QED) is 0.399. The van der Waals surface area contributed by atoms with Crippen LogP contribution in [0.2, 0.25) is 0 Å². The van der Waals surface area contributed by atoms with Crippen LogP contribution in [0.5, 0.6) is 0 Å². The molecule has 3 aromatic carbocycles. The molecule has 176 valence electrons. The van der Waals surface area contributed by atoms with Crippen LogP contribution >= 0.6 is 0 Å². The van der Waals surface area contributed by atoms with E-state index in [4.69, 9.17) is 4.98 Å². The van der Waals surface area contributed by atoms with Crippen molar-refractivity contribution in [2.45, 2.75) is 4.90 Å². The van der Waals surface area contributed by atoms with E-state index in [1.807, 2.05) is 53.1 Å². The summed E-state index contributed by atoms with van der Waals surface area (Å²) in [5, 5.41) is 1.04. The van der Waals surface area contributed by atoms with Crippen LogP contribution < -0.4 is 10.4 Å². The van der Waals surface area contributed by atoms with E-state index in [0.29, 0.717) is 16.9 Å². The molecule has 0 unspecified atom stereocenters. The highest BCUT2D eigenvalue weighted by Gasteiger charge is 2.20. The summed E-state index contributed by atoms with van der Waals surface area (Å²) in [6, 6.07) is 20.6. The van der Waals surface area contributed by atoms with Crippen LogP contribution in [-0.2, 0) is 24.1 Å². The van der Waals surface area contributed by atoms with Gasteiger partial charge in [0.25, 0.3) is 0 Å². The van der Waals surface area contributed by atoms with Crippen LogP contribution in [0.1, 0.15) is 0 Å². The average molecular weight is 487 g/mol. The second-order valence-electron chi connectivity index (χ2n) is 8.47. The predicted molar refractivity (Wildman–Crippen MR) is 136 cm³/mol. The third-order valence-electron chi connectivity index (χ3n) is 6.49. The molecule has 2 N–H and O–H groups in total. The summed E-state index contributed by atoms with van der Waals surface area (Å²) in [5.41, 5.74) is 5.25. The topological polar surface area (TPSA) is 107 Å². The first-order valence-electron chi connectivity index (χ1n) is 11.0. The molecular formula is C25H22N6O3S. The number of sulfonamides is 1. The van der Waals surface area contributed by atoms with Gasteiger partial charge in [-0.1, -0.05) is 18.2 Å². The van der Waals surface area contributed by atoms with Gasteiger partial charge in [0.1, 0.15) is 0 Å². The lowest BCUT2D eigenvalue weighted by Gasteiger charge is -2.10. The van der Waals surface area contributed by atoms with Crippen molar-refractivity contribution >= 4 is 43.0 Å². The fourth-order valence-corrected chi connectivity index (χ4v) is 5.36. The molecule has 0 bridgehead atoms. The number of nitrogens with one attached hydrogen (secondary N) is 2. The first-order chi connectivity index (χ1) is 16.8. The van der Waals surface area contributed by atoms with Crippen LogP contribution in [0.25, 0.3) is 50.2 Å². The van der Waals surface area contributed by atoms with E-state index in [9.17, 15) is 13.2 Å². The Balaban J connectivity index is 1.70. The highest BCUT2D eigenvalue weighted by molar-refractivity contribution is 7.89. The Bertz CT molecular complexity index is 1920. The maximum absolute atomic E-state index is 12.6. The Hall–Kier alpha value is -4.15. The minimum atomic E-state index is -3.66. The van der Waals surface area contributed by atoms with Crippen molar-refractivity contribution < 1.29 is 8.42 Å². The van der Waals surface area contributed by atoms with E-state index >= 15 is 0 Å². The lowest BCUT2D eigenvalue weighted by molar-refractivity contribution is 0.588. The Morgan fingerprint density at radius 3 is 2.43 bits per heavy atom. The molecular weight excluding hydrogens is 464 g/mol. The summed E-state index contributed by atoms with van der Waals surface area (Å²) in [7, 11) is 1.20. The number of aromatic amines is 1. The van der Waals surface area contributed by atoms with Crippen LogP contribution in [0.3, 0.4) is 0 Å². The van der Waals surface area contributed by atoms with Gasteiger partial charge in [0.2, 0.25) is 10.0 Å². The molecule has 10 heteroatoms. The van der Waals surface area contributed by atoms with E-state index < -0.39 is 10.0 Å². The first-order valence-corrected chi connectivity index (χ1v) is 12.5. The first kappa shape index (κ1) is 21.4. The maximum atomic E-state index is 12.6. The van der Waals surface area contributed by atoms with Crippen molar-refractivity contribution in [3.05, 3.63) is 77.2 Å². The predicted octanol–water partition coefficient (Wildman–Crippen LogP) is 3.27. The molecule has 0 saturated heterocycles. The monoisotopic (exact) mass is 486 g/mol. The fraction of sp³-hybridized carbons (Fsp3) is 0.120. The molecule has 0 amide bonds. The third kappa shape index (κ3) is 3.14. The van der Waals surface area contributed by atoms with Crippen LogP contribution in [0.4, 0.5) is 0 Å². The molecule has 0 aliphatic carbocycles. The molecule has 3 aromatic heterocycles. The Labute approximate surface area is 200 Å². The Morgan fingerprint density at radius 2 is 1.66 bits per heavy atom. The van der Waals surface area contributed by atoms with Crippen molar-refractivity contribution in [3.8, 4) is 17.2 Å². The zero-order valence-corrected chi connectivity index (χ0v) is 20.1. The number of nitrogens with zero attached hydrogens (tertiary/aromatic N) is 4. The molecule has 6 rings (SSSR count). The summed E-state index contributed by atoms with van der Waals surface area (Å²) in [4.78, 5) is 20.9. The number of hydrogen-bond acceptors (Lipinski definition) is 4. The standard InChI is InChI=1S/C25H22N6O3S/c1-26-35(33,34)17-9-10-19-22(14-17)31(16-8-11-21-23(13-16)30(3)25(32)29(21)2)24(28-19)20-12-15-6-4-5-7-18(15)27-20/h4-14,26-27H,1-3H3. The van der Waals surface area contributed by atoms with E-state index in [2.05, 4.69) is 9.71 Å². The van der Waals surface area contributed by atoms with Crippen LogP contribution in [0.15, 0.2) is 76.4 Å². The third-order valence-corrected chi connectivity index (χ3v) is 7.90. The molecule has 0 radical (unpaired) electrons. The molecule has 0 spiro atoms. The van der Waals surface area contributed by atoms with E-state index in [1.165, 1.54) is 7.05 Å². The second-order valence-corrected chi connectivity index (χ2v) is 10.4. The van der Waals surface area contributed by atoms with Gasteiger partial charge < -0.3 is 4.98 Å². The largest absolute Gasteiger partial charge is 0.352 e. The number of benzene rings is 3. The van der Waals surface area contributed by atoms with Gasteiger partial charge >= 0.3 is 5.69 Å². The van der Waals surface area contributed by atoms with Gasteiger partial charge in [-0.3, -0.25) is 13.7 Å². The van der Waals surface area contributed by atoms with Gasteiger partial charge in [-0.25, -0.2) is 22.9 Å². The summed E-state index contributed by atoms with van der Waals surface area (Å²) in [5.74, 6) is 0.635. The van der Waals surface area contributed by atoms with Gasteiger partial charge in [-0.2, -0.15) is 0 Å². The number of imidazole rings is 2. The van der Waals surface area contributed by atoms with Crippen molar-refractivity contribution in [2.75, 3.05) is 7.05 Å². The lowest BCUT2D eigenvalue weighted by atomic mass is 10.2. The molecule has 0 aliphatic rings. The SMILES string of the molecule is CNS(=O)(=O)c1ccc2nc(-c3cc4ccccc4[nH]3)n(-c3ccc4c(c3)n(C)c(=O)n4C)c2c1. The van der Waals surface area contributed by atoms with E-state index in [-0.39, 0.29) is 10.6 Å². The molecule has 0 fully saturated rings. The zero-order chi connectivity index (χ0) is 24.5. The zero-order valence-electron chi connectivity index (χ0n) is 19.3. The van der Waals surface area contributed by atoms with E-state index in [1.54, 1.807) is 41.4 Å². The average Bonchev–Trinajstić information content (AvgIpc) is 3.53. The second kappa shape index (κ2) is 7.42. The van der Waals surface area contributed by atoms with Gasteiger partial charge in [-0.05, 0) is 55.6 Å². The number of aromatic nitrogens is 5. The highest BCUT2D eigenvalue weighted by Crippen LogP contribution is 2.32. The molecule has 3 heterocycles. The molecule has 6 aromatic rings. The van der Waals surface area contributed by atoms with Gasteiger partial charge in [0, 0.05) is 30.7 Å². The number of aryl methyl sites for hydroxylation is 2. The van der Waals surface area contributed by atoms with Gasteiger partial charge in [0.15, 0.2) is 5.82 Å². The van der Waals surface area contributed by atoms with Crippen molar-refractivity contribution in [2.24, 2.45) is 14.1 Å². The molecule has 0 atom stereocenters. The lowest BCUT2D eigenvalue weighted by Crippen LogP contribution is -2.19. The molecule has 0 aliphatic heterocycles. The summed E-state index contributed by atoms with van der Waals surface area (Å²) >= 11 is 0. The normalized spacial score (nSPS) is 12.3. The summed E-state index contributed by atoms with van der Waals surface area (Å²) in [6.45, 7) is 0. The number of fused-ring (bicyclic) bond motifs is 3. The highest BCUT2D eigenvalue weighted by atomic mass is 32.2. The van der Waals surface area contributed by atoms with Crippen LogP contribution in [-0.4, -0.2) is 39.1 Å². The van der Waals surface area contributed by atoms with Gasteiger partial charge in [-0.15, -0.1) is 0 Å². The maximum Gasteiger partial charge on any atom is 0.328 e. The van der Waals surface area contributed by atoms with Gasteiger partial charge in [0.05, 0.1) is 32.7 Å². The minimum Gasteiger partial charge on any atom is -0.352 e. The smallest absolute Gasteiger partial charge is 0.328 e. The molecule has 0 saturated carbocycles. The summed E-state index contributed by atoms with van der Waals surface area (Å²) < 4.78 is 32.6. The summed E-state index contributed by atoms with van der Waals surface area (Å²) in [6.07, 6.45) is 0.